The van der Waals surface area contributed by atoms with Crippen LogP contribution >= 0.6 is 27.3 Å². The molecule has 1 aromatic heterocycles. The Kier molecular flexibility index (Phi) is 5.08. The molecule has 1 amide bonds. The zero-order chi connectivity index (χ0) is 15.4. The topological polar surface area (TPSA) is 76.4 Å². The second kappa shape index (κ2) is 6.82. The fourth-order valence-corrected chi connectivity index (χ4v) is 3.34. The van der Waals surface area contributed by atoms with Crippen LogP contribution in [-0.2, 0) is 6.54 Å². The summed E-state index contributed by atoms with van der Waals surface area (Å²) in [4.78, 5) is 12.2. The van der Waals surface area contributed by atoms with Gasteiger partial charge in [-0.1, -0.05) is 28.1 Å². The molecule has 0 spiro atoms. The predicted molar refractivity (Wildman–Crippen MR) is 90.1 cm³/mol. The number of thiophene rings is 1. The number of carbonyl (C=O) groups is 1. The van der Waals surface area contributed by atoms with Crippen molar-refractivity contribution in [1.29, 1.82) is 0 Å². The normalized spacial score (nSPS) is 10.2. The number of ether oxygens (including phenoxy) is 1. The van der Waals surface area contributed by atoms with E-state index >= 15 is 0 Å². The highest BCUT2D eigenvalue weighted by atomic mass is 79.9. The number of carbonyl (C=O) groups excluding carboxylic acids is 1. The lowest BCUT2D eigenvalue weighted by atomic mass is 10.2. The van der Waals surface area contributed by atoms with Crippen molar-refractivity contribution in [3.8, 4) is 5.75 Å². The molecule has 1 heterocycles. The van der Waals surface area contributed by atoms with Gasteiger partial charge in [-0.2, -0.15) is 0 Å². The largest absolute Gasteiger partial charge is 0.492 e. The van der Waals surface area contributed by atoms with E-state index in [0.29, 0.717) is 22.9 Å². The highest BCUT2D eigenvalue weighted by Gasteiger charge is 2.20. The van der Waals surface area contributed by atoms with Gasteiger partial charge in [-0.25, -0.2) is 0 Å². The van der Waals surface area contributed by atoms with E-state index in [9.17, 15) is 4.79 Å². The monoisotopic (exact) mass is 369 g/mol. The molecule has 0 aliphatic heterocycles. The van der Waals surface area contributed by atoms with Crippen molar-refractivity contribution in [1.82, 2.24) is 5.32 Å². The first-order valence-corrected chi connectivity index (χ1v) is 7.84. The van der Waals surface area contributed by atoms with Gasteiger partial charge in [0.25, 0.3) is 5.91 Å². The second-order valence-electron chi connectivity index (χ2n) is 4.27. The van der Waals surface area contributed by atoms with Crippen molar-refractivity contribution < 1.29 is 9.53 Å². The van der Waals surface area contributed by atoms with Gasteiger partial charge in [0.1, 0.15) is 15.6 Å². The zero-order valence-electron chi connectivity index (χ0n) is 11.7. The molecule has 2 aromatic rings. The number of benzene rings is 1. The number of nitrogen functional groups attached to an aromatic ring is 1. The number of hydrogen-bond donors (Lipinski definition) is 3. The molecule has 21 heavy (non-hydrogen) atoms. The summed E-state index contributed by atoms with van der Waals surface area (Å²) >= 11 is 4.72. The van der Waals surface area contributed by atoms with E-state index in [2.05, 4.69) is 26.6 Å². The van der Waals surface area contributed by atoms with Crippen LogP contribution in [0.3, 0.4) is 0 Å². The fraction of sp³-hybridized carbons (Fsp3) is 0.214. The summed E-state index contributed by atoms with van der Waals surface area (Å²) in [5.74, 6) is 0.292. The first kappa shape index (κ1) is 15.7. The van der Waals surface area contributed by atoms with Gasteiger partial charge in [0, 0.05) is 18.1 Å². The number of rotatable bonds is 5. The molecule has 0 aliphatic carbocycles. The Morgan fingerprint density at radius 1 is 1.48 bits per heavy atom. The molecule has 0 saturated carbocycles. The number of halogens is 1. The number of anilines is 2. The summed E-state index contributed by atoms with van der Waals surface area (Å²) in [5, 5.41) is 6.57. The lowest BCUT2D eigenvalue weighted by Gasteiger charge is -2.07. The van der Waals surface area contributed by atoms with Gasteiger partial charge in [-0.05, 0) is 17.7 Å². The van der Waals surface area contributed by atoms with E-state index in [0.717, 1.165) is 15.0 Å². The Bertz CT molecular complexity index is 658. The van der Waals surface area contributed by atoms with Gasteiger partial charge >= 0.3 is 0 Å². The number of methoxy groups -OCH3 is 1. The Morgan fingerprint density at radius 2 is 2.24 bits per heavy atom. The summed E-state index contributed by atoms with van der Waals surface area (Å²) in [6, 6.07) is 7.98. The maximum atomic E-state index is 11.8. The smallest absolute Gasteiger partial charge is 0.263 e. The molecule has 5 nitrogen and oxygen atoms in total. The molecular weight excluding hydrogens is 354 g/mol. The van der Waals surface area contributed by atoms with Crippen molar-refractivity contribution in [3.05, 3.63) is 39.2 Å². The van der Waals surface area contributed by atoms with Crippen LogP contribution in [0.25, 0.3) is 0 Å². The van der Waals surface area contributed by atoms with Gasteiger partial charge in [-0.3, -0.25) is 4.79 Å². The van der Waals surface area contributed by atoms with E-state index in [1.54, 1.807) is 7.05 Å². The highest BCUT2D eigenvalue weighted by Crippen LogP contribution is 2.42. The lowest BCUT2D eigenvalue weighted by Crippen LogP contribution is -2.17. The molecule has 0 aliphatic rings. The third kappa shape index (κ3) is 3.48. The van der Waals surface area contributed by atoms with Gasteiger partial charge in [0.05, 0.1) is 7.11 Å². The van der Waals surface area contributed by atoms with Crippen LogP contribution in [0, 0.1) is 0 Å². The van der Waals surface area contributed by atoms with E-state index in [1.807, 2.05) is 24.3 Å². The number of nitrogens with one attached hydrogen (secondary N) is 2. The predicted octanol–water partition coefficient (Wildman–Crippen LogP) is 3.07. The summed E-state index contributed by atoms with van der Waals surface area (Å²) in [5.41, 5.74) is 7.43. The van der Waals surface area contributed by atoms with Crippen LogP contribution in [0.5, 0.6) is 5.75 Å². The Labute approximate surface area is 135 Å². The fourth-order valence-electron chi connectivity index (χ4n) is 1.86. The van der Waals surface area contributed by atoms with Crippen LogP contribution in [0.4, 0.5) is 10.7 Å². The van der Waals surface area contributed by atoms with Crippen molar-refractivity contribution in [2.75, 3.05) is 25.2 Å². The number of amides is 1. The third-order valence-corrected chi connectivity index (χ3v) is 4.52. The molecular formula is C14H16BrN3O2S. The molecule has 0 radical (unpaired) electrons. The lowest BCUT2D eigenvalue weighted by molar-refractivity contribution is 0.0967. The molecule has 2 rings (SSSR count). The van der Waals surface area contributed by atoms with E-state index < -0.39 is 0 Å². The average Bonchev–Trinajstić information content (AvgIpc) is 2.80. The molecule has 1 aromatic carbocycles. The van der Waals surface area contributed by atoms with E-state index in [-0.39, 0.29) is 5.91 Å². The van der Waals surface area contributed by atoms with Gasteiger partial charge in [0.2, 0.25) is 0 Å². The van der Waals surface area contributed by atoms with Crippen LogP contribution in [-0.4, -0.2) is 20.1 Å². The average molecular weight is 370 g/mol. The minimum atomic E-state index is -0.216. The zero-order valence-corrected chi connectivity index (χ0v) is 14.1. The van der Waals surface area contributed by atoms with Gasteiger partial charge < -0.3 is 21.1 Å². The van der Waals surface area contributed by atoms with Gasteiger partial charge in [-0.15, -0.1) is 11.3 Å². The third-order valence-electron chi connectivity index (χ3n) is 2.88. The summed E-state index contributed by atoms with van der Waals surface area (Å²) < 4.78 is 6.32. The summed E-state index contributed by atoms with van der Waals surface area (Å²) in [7, 11) is 3.11. The molecule has 0 atom stereocenters. The van der Waals surface area contributed by atoms with Gasteiger partial charge in [0.15, 0.2) is 5.75 Å². The Morgan fingerprint density at radius 3 is 2.86 bits per heavy atom. The van der Waals surface area contributed by atoms with Crippen LogP contribution in [0.2, 0.25) is 0 Å². The molecule has 0 fully saturated rings. The minimum Gasteiger partial charge on any atom is -0.492 e. The standard InChI is InChI=1S/C14H16BrN3O2S/c1-17-13(19)12-10(16)11(20-2)14(21-12)18-7-8-4-3-5-9(15)6-8/h3-6,18H,7,16H2,1-2H3,(H,17,19). The van der Waals surface area contributed by atoms with Crippen molar-refractivity contribution >= 4 is 43.9 Å². The highest BCUT2D eigenvalue weighted by molar-refractivity contribution is 9.10. The number of nitrogens with two attached hydrogens (primary N) is 1. The molecule has 0 unspecified atom stereocenters. The molecule has 0 bridgehead atoms. The molecule has 7 heteroatoms. The van der Waals surface area contributed by atoms with Crippen LogP contribution in [0.15, 0.2) is 28.7 Å². The summed E-state index contributed by atoms with van der Waals surface area (Å²) in [6.07, 6.45) is 0. The second-order valence-corrected chi connectivity index (χ2v) is 6.21. The first-order chi connectivity index (χ1) is 10.1. The van der Waals surface area contributed by atoms with Crippen molar-refractivity contribution in [2.24, 2.45) is 0 Å². The van der Waals surface area contributed by atoms with E-state index in [1.165, 1.54) is 18.4 Å². The minimum absolute atomic E-state index is 0.216. The first-order valence-electron chi connectivity index (χ1n) is 6.23. The van der Waals surface area contributed by atoms with Crippen LogP contribution in [0.1, 0.15) is 15.2 Å². The molecule has 4 N–H and O–H groups in total. The van der Waals surface area contributed by atoms with Crippen molar-refractivity contribution in [3.63, 3.8) is 0 Å². The van der Waals surface area contributed by atoms with Crippen LogP contribution < -0.4 is 21.1 Å². The Balaban J connectivity index is 2.21. The summed E-state index contributed by atoms with van der Waals surface area (Å²) in [6.45, 7) is 0.614. The SMILES string of the molecule is CNC(=O)c1sc(NCc2cccc(Br)c2)c(OC)c1N. The quantitative estimate of drug-likeness (QED) is 0.756. The molecule has 0 saturated heterocycles. The Hall–Kier alpha value is -1.73. The maximum absolute atomic E-state index is 11.8. The van der Waals surface area contributed by atoms with Crippen molar-refractivity contribution in [2.45, 2.75) is 6.54 Å². The van der Waals surface area contributed by atoms with E-state index in [4.69, 9.17) is 10.5 Å². The maximum Gasteiger partial charge on any atom is 0.263 e. The number of hydrogen-bond acceptors (Lipinski definition) is 5. The molecule has 112 valence electrons.